The highest BCUT2D eigenvalue weighted by atomic mass is 16.6. The van der Waals surface area contributed by atoms with Crippen LogP contribution in [0.25, 0.3) is 0 Å². The van der Waals surface area contributed by atoms with Crippen LogP contribution in [0.3, 0.4) is 0 Å². The minimum Gasteiger partial charge on any atom is -0.443 e. The third-order valence-corrected chi connectivity index (χ3v) is 3.17. The van der Waals surface area contributed by atoms with Crippen LogP contribution >= 0.6 is 0 Å². The van der Waals surface area contributed by atoms with Crippen molar-refractivity contribution in [3.8, 4) is 0 Å². The maximum Gasteiger partial charge on any atom is 0.414 e. The number of carbonyl (C=O) groups excluding carboxylic acids is 1. The summed E-state index contributed by atoms with van der Waals surface area (Å²) in [5.41, 5.74) is 4.31. The van der Waals surface area contributed by atoms with E-state index in [1.807, 2.05) is 51.1 Å². The number of likely N-dealkylation sites (tertiary alicyclic amines) is 1. The van der Waals surface area contributed by atoms with Crippen LogP contribution in [-0.2, 0) is 16.2 Å². The minimum absolute atomic E-state index is 0.305. The fraction of sp³-hybridized carbons (Fsp3) is 0.471. The molecule has 0 aliphatic carbocycles. The molecule has 1 aromatic rings. The number of allylic oxidation sites excluding steroid dienone is 1. The lowest BCUT2D eigenvalue weighted by Crippen LogP contribution is -2.34. The number of hydroxylamine groups is 1. The number of rotatable bonds is 4. The predicted octanol–water partition coefficient (Wildman–Crippen LogP) is 3.58. The van der Waals surface area contributed by atoms with E-state index in [-0.39, 0.29) is 6.09 Å². The first kappa shape index (κ1) is 16.4. The summed E-state index contributed by atoms with van der Waals surface area (Å²) in [7, 11) is 0. The largest absolute Gasteiger partial charge is 0.443 e. The number of amides is 1. The van der Waals surface area contributed by atoms with E-state index >= 15 is 0 Å². The average Bonchev–Trinajstić information content (AvgIpc) is 2.91. The summed E-state index contributed by atoms with van der Waals surface area (Å²) in [4.78, 5) is 19.2. The topological polar surface area (TPSA) is 50.8 Å². The van der Waals surface area contributed by atoms with Gasteiger partial charge >= 0.3 is 6.09 Å². The molecule has 0 bridgehead atoms. The monoisotopic (exact) mass is 304 g/mol. The van der Waals surface area contributed by atoms with Crippen molar-refractivity contribution in [2.45, 2.75) is 45.8 Å². The van der Waals surface area contributed by atoms with Crippen molar-refractivity contribution in [2.24, 2.45) is 0 Å². The van der Waals surface area contributed by atoms with Crippen LogP contribution in [0.15, 0.2) is 42.2 Å². The standard InChI is InChI=1S/C17H24N2O3/c1-17(2,3)22-16(20)19-11-7-10-15(19)12-18-21-13-14-8-5-4-6-9-14/h4-6,8-9,12,18H,7,10-11,13H2,1-3H3. The van der Waals surface area contributed by atoms with E-state index < -0.39 is 5.60 Å². The molecule has 22 heavy (non-hydrogen) atoms. The van der Waals surface area contributed by atoms with Gasteiger partial charge < -0.3 is 4.74 Å². The Kier molecular flexibility index (Phi) is 5.44. The number of benzene rings is 1. The van der Waals surface area contributed by atoms with Crippen LogP contribution in [-0.4, -0.2) is 23.1 Å². The highest BCUT2D eigenvalue weighted by Gasteiger charge is 2.28. The molecule has 1 aromatic carbocycles. The Morgan fingerprint density at radius 3 is 2.73 bits per heavy atom. The van der Waals surface area contributed by atoms with Gasteiger partial charge in [-0.1, -0.05) is 30.3 Å². The number of hydrogen-bond donors (Lipinski definition) is 1. The zero-order valence-electron chi connectivity index (χ0n) is 13.5. The zero-order valence-corrected chi connectivity index (χ0v) is 13.5. The Bertz CT molecular complexity index is 520. The lowest BCUT2D eigenvalue weighted by molar-refractivity contribution is 0.0323. The summed E-state index contributed by atoms with van der Waals surface area (Å²) < 4.78 is 5.41. The Labute approximate surface area is 131 Å². The first-order chi connectivity index (χ1) is 10.5. The van der Waals surface area contributed by atoms with Crippen molar-refractivity contribution < 1.29 is 14.4 Å². The molecule has 1 heterocycles. The molecule has 0 spiro atoms. The summed E-state index contributed by atoms with van der Waals surface area (Å²) in [6.07, 6.45) is 3.20. The smallest absolute Gasteiger partial charge is 0.414 e. The number of nitrogens with zero attached hydrogens (tertiary/aromatic N) is 1. The Balaban J connectivity index is 1.83. The highest BCUT2D eigenvalue weighted by molar-refractivity contribution is 5.70. The second-order valence-electron chi connectivity index (χ2n) is 6.26. The molecule has 120 valence electrons. The molecule has 5 heteroatoms. The summed E-state index contributed by atoms with van der Waals surface area (Å²) in [5, 5.41) is 0. The fourth-order valence-corrected chi connectivity index (χ4v) is 2.18. The molecule has 0 aromatic heterocycles. The molecule has 1 saturated heterocycles. The molecule has 1 fully saturated rings. The van der Waals surface area contributed by atoms with Gasteiger partial charge in [-0.15, -0.1) is 0 Å². The second kappa shape index (κ2) is 7.31. The Hall–Kier alpha value is -2.01. The van der Waals surface area contributed by atoms with E-state index in [1.54, 1.807) is 11.1 Å². The van der Waals surface area contributed by atoms with Crippen LogP contribution < -0.4 is 5.48 Å². The second-order valence-corrected chi connectivity index (χ2v) is 6.26. The maximum absolute atomic E-state index is 12.1. The first-order valence-corrected chi connectivity index (χ1v) is 7.56. The van der Waals surface area contributed by atoms with Gasteiger partial charge in [0.15, 0.2) is 0 Å². The SMILES string of the molecule is CC(C)(C)OC(=O)N1CCCC1=CNOCc1ccccc1. The molecule has 0 saturated carbocycles. The van der Waals surface area contributed by atoms with Gasteiger partial charge in [-0.3, -0.25) is 15.2 Å². The zero-order chi connectivity index (χ0) is 16.0. The van der Waals surface area contributed by atoms with Crippen molar-refractivity contribution in [3.05, 3.63) is 47.8 Å². The molecule has 1 N–H and O–H groups in total. The normalized spacial score (nSPS) is 16.9. The quantitative estimate of drug-likeness (QED) is 0.682. The fourth-order valence-electron chi connectivity index (χ4n) is 2.18. The predicted molar refractivity (Wildman–Crippen MR) is 84.6 cm³/mol. The Morgan fingerprint density at radius 2 is 2.05 bits per heavy atom. The van der Waals surface area contributed by atoms with E-state index in [4.69, 9.17) is 9.57 Å². The van der Waals surface area contributed by atoms with Gasteiger partial charge in [0.1, 0.15) is 5.60 Å². The van der Waals surface area contributed by atoms with Crippen molar-refractivity contribution >= 4 is 6.09 Å². The molecule has 2 rings (SSSR count). The molecule has 1 aliphatic heterocycles. The van der Waals surface area contributed by atoms with Gasteiger partial charge in [0.25, 0.3) is 0 Å². The van der Waals surface area contributed by atoms with E-state index in [0.29, 0.717) is 13.2 Å². The maximum atomic E-state index is 12.1. The number of hydrogen-bond acceptors (Lipinski definition) is 4. The molecule has 5 nitrogen and oxygen atoms in total. The van der Waals surface area contributed by atoms with E-state index in [2.05, 4.69) is 5.48 Å². The first-order valence-electron chi connectivity index (χ1n) is 7.56. The van der Waals surface area contributed by atoms with Crippen LogP contribution in [0.2, 0.25) is 0 Å². The Morgan fingerprint density at radius 1 is 1.32 bits per heavy atom. The lowest BCUT2D eigenvalue weighted by Gasteiger charge is -2.25. The average molecular weight is 304 g/mol. The molecular weight excluding hydrogens is 280 g/mol. The van der Waals surface area contributed by atoms with Crippen molar-refractivity contribution in [1.29, 1.82) is 0 Å². The third-order valence-electron chi connectivity index (χ3n) is 3.17. The molecule has 0 radical (unpaired) electrons. The molecule has 0 atom stereocenters. The van der Waals surface area contributed by atoms with Crippen molar-refractivity contribution in [1.82, 2.24) is 10.4 Å². The van der Waals surface area contributed by atoms with Crippen LogP contribution in [0, 0.1) is 0 Å². The molecular formula is C17H24N2O3. The van der Waals surface area contributed by atoms with Gasteiger partial charge in [-0.05, 0) is 39.2 Å². The van der Waals surface area contributed by atoms with Gasteiger partial charge in [0.2, 0.25) is 0 Å². The van der Waals surface area contributed by atoms with Crippen molar-refractivity contribution in [2.75, 3.05) is 6.54 Å². The van der Waals surface area contributed by atoms with Gasteiger partial charge in [-0.2, -0.15) is 0 Å². The minimum atomic E-state index is -0.484. The van der Waals surface area contributed by atoms with Crippen LogP contribution in [0.4, 0.5) is 4.79 Å². The van der Waals surface area contributed by atoms with Gasteiger partial charge in [0.05, 0.1) is 6.61 Å². The van der Waals surface area contributed by atoms with E-state index in [1.165, 1.54) is 0 Å². The summed E-state index contributed by atoms with van der Waals surface area (Å²) in [5.74, 6) is 0. The highest BCUT2D eigenvalue weighted by Crippen LogP contribution is 2.23. The molecule has 1 amide bonds. The summed E-state index contributed by atoms with van der Waals surface area (Å²) >= 11 is 0. The number of carbonyl (C=O) groups is 1. The number of ether oxygens (including phenoxy) is 1. The van der Waals surface area contributed by atoms with Gasteiger partial charge in [0, 0.05) is 18.4 Å². The van der Waals surface area contributed by atoms with E-state index in [9.17, 15) is 4.79 Å². The number of nitrogens with one attached hydrogen (secondary N) is 1. The molecule has 1 aliphatic rings. The van der Waals surface area contributed by atoms with Crippen LogP contribution in [0.5, 0.6) is 0 Å². The van der Waals surface area contributed by atoms with Crippen molar-refractivity contribution in [3.63, 3.8) is 0 Å². The lowest BCUT2D eigenvalue weighted by atomic mass is 10.2. The summed E-state index contributed by atoms with van der Waals surface area (Å²) in [6, 6.07) is 9.90. The van der Waals surface area contributed by atoms with Crippen LogP contribution in [0.1, 0.15) is 39.2 Å². The third kappa shape index (κ3) is 5.07. The summed E-state index contributed by atoms with van der Waals surface area (Å²) in [6.45, 7) is 6.75. The molecule has 0 unspecified atom stereocenters. The van der Waals surface area contributed by atoms with Gasteiger partial charge in [-0.25, -0.2) is 4.79 Å². The van der Waals surface area contributed by atoms with E-state index in [0.717, 1.165) is 24.1 Å².